The van der Waals surface area contributed by atoms with Gasteiger partial charge in [0, 0.05) is 49.2 Å². The number of halogens is 2. The summed E-state index contributed by atoms with van der Waals surface area (Å²) in [5, 5.41) is 19.7. The van der Waals surface area contributed by atoms with E-state index >= 15 is 0 Å². The lowest BCUT2D eigenvalue weighted by molar-refractivity contribution is 0.152. The number of nitriles is 1. The Morgan fingerprint density at radius 1 is 1.08 bits per heavy atom. The van der Waals surface area contributed by atoms with E-state index in [4.69, 9.17) is 16.3 Å². The van der Waals surface area contributed by atoms with Gasteiger partial charge in [-0.3, -0.25) is 9.47 Å². The van der Waals surface area contributed by atoms with Crippen molar-refractivity contribution in [2.24, 2.45) is 5.41 Å². The van der Waals surface area contributed by atoms with Crippen LogP contribution in [0.25, 0.3) is 5.69 Å². The zero-order valence-corrected chi connectivity index (χ0v) is 20.5. The van der Waals surface area contributed by atoms with Gasteiger partial charge >= 0.3 is 0 Å². The van der Waals surface area contributed by atoms with Gasteiger partial charge in [-0.05, 0) is 36.6 Å². The average molecular weight is 507 g/mol. The van der Waals surface area contributed by atoms with Gasteiger partial charge in [-0.25, -0.2) is 9.37 Å². The highest BCUT2D eigenvalue weighted by Crippen LogP contribution is 2.47. The third-order valence-electron chi connectivity index (χ3n) is 7.93. The van der Waals surface area contributed by atoms with Crippen LogP contribution in [0.4, 0.5) is 16.2 Å². The number of aromatic nitrogens is 4. The monoisotopic (exact) mass is 506 g/mol. The Balaban J connectivity index is 1.14. The van der Waals surface area contributed by atoms with Crippen LogP contribution >= 0.6 is 11.6 Å². The molecule has 0 N–H and O–H groups in total. The third-order valence-corrected chi connectivity index (χ3v) is 8.17. The van der Waals surface area contributed by atoms with Crippen LogP contribution in [0.2, 0.25) is 5.02 Å². The molecule has 9 nitrogen and oxygen atoms in total. The minimum absolute atomic E-state index is 0.131. The summed E-state index contributed by atoms with van der Waals surface area (Å²) in [5.74, 6) is 2.38. The third kappa shape index (κ3) is 3.19. The molecule has 2 aromatic heterocycles. The standard InChI is InChI=1S/C25H24ClFN8O/c1-36-20-7-18(27)8-29-22(20)32-12-24(13-32)14-33(15-24)23-31-30-21-10-34(25(11-28)4-5-25)9-16-6-17(26)2-3-19(16)35(21)23/h2-3,6-8H,4-5,9-10,12-15H2,1H3. The van der Waals surface area contributed by atoms with Gasteiger partial charge in [0.2, 0.25) is 5.95 Å². The molecule has 2 saturated heterocycles. The van der Waals surface area contributed by atoms with Gasteiger partial charge < -0.3 is 14.5 Å². The molecule has 3 aromatic rings. The Morgan fingerprint density at radius 2 is 1.86 bits per heavy atom. The molecular formula is C25H24ClFN8O. The van der Waals surface area contributed by atoms with Crippen molar-refractivity contribution in [1.29, 1.82) is 5.26 Å². The maximum absolute atomic E-state index is 13.6. The molecule has 3 aliphatic heterocycles. The van der Waals surface area contributed by atoms with Crippen molar-refractivity contribution < 1.29 is 9.13 Å². The first-order valence-corrected chi connectivity index (χ1v) is 12.4. The van der Waals surface area contributed by atoms with Crippen LogP contribution in [0.3, 0.4) is 0 Å². The summed E-state index contributed by atoms with van der Waals surface area (Å²) in [6.07, 6.45) is 2.98. The smallest absolute Gasteiger partial charge is 0.231 e. The zero-order chi connectivity index (χ0) is 24.7. The van der Waals surface area contributed by atoms with Gasteiger partial charge in [0.15, 0.2) is 17.4 Å². The van der Waals surface area contributed by atoms with E-state index in [9.17, 15) is 9.65 Å². The highest BCUT2D eigenvalue weighted by molar-refractivity contribution is 6.30. The quantitative estimate of drug-likeness (QED) is 0.533. The van der Waals surface area contributed by atoms with Crippen molar-refractivity contribution >= 4 is 23.4 Å². The number of hydrogen-bond donors (Lipinski definition) is 0. The Labute approximate surface area is 212 Å². The van der Waals surface area contributed by atoms with Crippen molar-refractivity contribution in [2.75, 3.05) is 43.1 Å². The molecule has 1 spiro atoms. The van der Waals surface area contributed by atoms with Crippen molar-refractivity contribution in [2.45, 2.75) is 31.5 Å². The van der Waals surface area contributed by atoms with E-state index < -0.39 is 11.4 Å². The number of anilines is 2. The van der Waals surface area contributed by atoms with Gasteiger partial charge in [-0.2, -0.15) is 5.26 Å². The fourth-order valence-electron chi connectivity index (χ4n) is 5.93. The predicted molar refractivity (Wildman–Crippen MR) is 131 cm³/mol. The average Bonchev–Trinajstić information content (AvgIpc) is 3.55. The molecule has 3 fully saturated rings. The largest absolute Gasteiger partial charge is 0.493 e. The summed E-state index contributed by atoms with van der Waals surface area (Å²) in [6.45, 7) is 4.56. The first-order valence-electron chi connectivity index (χ1n) is 12.0. The number of pyridine rings is 1. The summed E-state index contributed by atoms with van der Waals surface area (Å²) in [5.41, 5.74) is 1.80. The Morgan fingerprint density at radius 3 is 2.58 bits per heavy atom. The Kier molecular flexibility index (Phi) is 4.57. The van der Waals surface area contributed by atoms with Crippen LogP contribution in [-0.4, -0.2) is 63.5 Å². The van der Waals surface area contributed by atoms with Crippen LogP contribution in [-0.2, 0) is 13.1 Å². The normalized spacial score (nSPS) is 21.1. The Hall–Kier alpha value is -3.42. The maximum atomic E-state index is 13.6. The second kappa shape index (κ2) is 7.54. The summed E-state index contributed by atoms with van der Waals surface area (Å²) < 4.78 is 21.0. The van der Waals surface area contributed by atoms with Crippen LogP contribution < -0.4 is 14.5 Å². The van der Waals surface area contributed by atoms with Gasteiger partial charge in [-0.15, -0.1) is 10.2 Å². The van der Waals surface area contributed by atoms with Crippen LogP contribution in [0.15, 0.2) is 30.5 Å². The molecule has 0 atom stereocenters. The van der Waals surface area contributed by atoms with E-state index in [-0.39, 0.29) is 5.41 Å². The number of nitrogens with zero attached hydrogens (tertiary/aromatic N) is 8. The van der Waals surface area contributed by atoms with E-state index in [1.165, 1.54) is 19.4 Å². The van der Waals surface area contributed by atoms with Crippen molar-refractivity contribution in [1.82, 2.24) is 24.6 Å². The van der Waals surface area contributed by atoms with Gasteiger partial charge in [0.25, 0.3) is 0 Å². The molecule has 0 unspecified atom stereocenters. The molecule has 36 heavy (non-hydrogen) atoms. The first kappa shape index (κ1) is 21.8. The van der Waals surface area contributed by atoms with E-state index in [1.54, 1.807) is 0 Å². The lowest BCUT2D eigenvalue weighted by Gasteiger charge is -2.60. The minimum Gasteiger partial charge on any atom is -0.493 e. The van der Waals surface area contributed by atoms with Crippen molar-refractivity contribution in [3.05, 3.63) is 52.7 Å². The molecule has 1 aromatic carbocycles. The van der Waals surface area contributed by atoms with E-state index in [0.29, 0.717) is 29.7 Å². The SMILES string of the molecule is COc1cc(F)cnc1N1CC2(C1)CN(c1nnc3n1-c1ccc(Cl)cc1CN(C1(C#N)CC1)C3)C2. The second-order valence-electron chi connectivity index (χ2n) is 10.4. The van der Waals surface area contributed by atoms with E-state index in [1.807, 2.05) is 18.2 Å². The molecule has 0 radical (unpaired) electrons. The highest BCUT2D eigenvalue weighted by atomic mass is 35.5. The molecule has 0 bridgehead atoms. The molecule has 5 heterocycles. The summed E-state index contributed by atoms with van der Waals surface area (Å²) in [4.78, 5) is 10.9. The van der Waals surface area contributed by atoms with Crippen LogP contribution in [0.5, 0.6) is 5.75 Å². The molecule has 184 valence electrons. The van der Waals surface area contributed by atoms with Crippen LogP contribution in [0, 0.1) is 22.6 Å². The van der Waals surface area contributed by atoms with Crippen molar-refractivity contribution in [3.63, 3.8) is 0 Å². The molecule has 1 aliphatic carbocycles. The number of rotatable bonds is 4. The number of benzene rings is 1. The molecule has 11 heteroatoms. The number of fused-ring (bicyclic) bond motifs is 3. The zero-order valence-electron chi connectivity index (χ0n) is 19.8. The van der Waals surface area contributed by atoms with Gasteiger partial charge in [-0.1, -0.05) is 11.6 Å². The molecule has 4 aliphatic rings. The minimum atomic E-state index is -0.424. The highest BCUT2D eigenvalue weighted by Gasteiger charge is 2.54. The molecule has 0 amide bonds. The van der Waals surface area contributed by atoms with E-state index in [2.05, 4.69) is 40.5 Å². The van der Waals surface area contributed by atoms with Crippen LogP contribution in [0.1, 0.15) is 24.2 Å². The topological polar surface area (TPSA) is 86.3 Å². The number of hydrogen-bond acceptors (Lipinski definition) is 8. The molecule has 1 saturated carbocycles. The number of ether oxygens (including phenoxy) is 1. The molecule has 7 rings (SSSR count). The van der Waals surface area contributed by atoms with Crippen molar-refractivity contribution in [3.8, 4) is 17.5 Å². The summed E-state index contributed by atoms with van der Waals surface area (Å²) in [7, 11) is 1.53. The lowest BCUT2D eigenvalue weighted by atomic mass is 9.73. The summed E-state index contributed by atoms with van der Waals surface area (Å²) >= 11 is 6.37. The summed E-state index contributed by atoms with van der Waals surface area (Å²) in [6, 6.07) is 9.80. The van der Waals surface area contributed by atoms with Gasteiger partial charge in [0.1, 0.15) is 11.4 Å². The maximum Gasteiger partial charge on any atom is 0.231 e. The van der Waals surface area contributed by atoms with E-state index in [0.717, 1.165) is 62.0 Å². The fraction of sp³-hybridized carbons (Fsp3) is 0.440. The first-order chi connectivity index (χ1) is 17.4. The molecular weight excluding hydrogens is 483 g/mol. The predicted octanol–water partition coefficient (Wildman–Crippen LogP) is 3.16. The lowest BCUT2D eigenvalue weighted by Crippen LogP contribution is -2.73. The fourth-order valence-corrected chi connectivity index (χ4v) is 6.13. The number of methoxy groups -OCH3 is 1. The Bertz CT molecular complexity index is 1420. The second-order valence-corrected chi connectivity index (χ2v) is 10.9. The van der Waals surface area contributed by atoms with Gasteiger partial charge in [0.05, 0.1) is 31.6 Å².